The number of anilines is 1. The monoisotopic (exact) mass is 516 g/mol. The molecular weight excluding hydrogens is 500 g/mol. The first kappa shape index (κ1) is 23.6. The van der Waals surface area contributed by atoms with Gasteiger partial charge in [0.25, 0.3) is 15.9 Å². The zero-order valence-corrected chi connectivity index (χ0v) is 19.7. The van der Waals surface area contributed by atoms with Crippen LogP contribution >= 0.6 is 22.9 Å². The maximum Gasteiger partial charge on any atom is 0.326 e. The molecule has 12 heteroatoms. The van der Waals surface area contributed by atoms with Crippen LogP contribution in [0.4, 0.5) is 5.69 Å². The predicted molar refractivity (Wildman–Crippen MR) is 129 cm³/mol. The summed E-state index contributed by atoms with van der Waals surface area (Å²) in [5.41, 5.74) is 1.10. The van der Waals surface area contributed by atoms with E-state index in [0.717, 1.165) is 5.56 Å². The van der Waals surface area contributed by atoms with Crippen molar-refractivity contribution in [2.24, 2.45) is 0 Å². The number of halogens is 1. The molecule has 2 heterocycles. The number of aliphatic carboxylic acids is 1. The summed E-state index contributed by atoms with van der Waals surface area (Å²) in [4.78, 5) is 32.8. The molecule has 4 aromatic rings. The van der Waals surface area contributed by atoms with Crippen LogP contribution in [0.1, 0.15) is 15.9 Å². The van der Waals surface area contributed by atoms with Crippen molar-refractivity contribution < 1.29 is 23.1 Å². The number of aromatic nitrogens is 2. The summed E-state index contributed by atoms with van der Waals surface area (Å²) < 4.78 is 28.8. The van der Waals surface area contributed by atoms with Crippen molar-refractivity contribution in [1.82, 2.24) is 15.3 Å². The minimum atomic E-state index is -4.20. The molecule has 0 unspecified atom stereocenters. The minimum Gasteiger partial charge on any atom is -0.480 e. The second-order valence-electron chi connectivity index (χ2n) is 7.18. The summed E-state index contributed by atoms with van der Waals surface area (Å²) in [6, 6.07) is 9.08. The summed E-state index contributed by atoms with van der Waals surface area (Å²) in [5, 5.41) is 15.8. The van der Waals surface area contributed by atoms with E-state index >= 15 is 0 Å². The van der Waals surface area contributed by atoms with Gasteiger partial charge < -0.3 is 10.4 Å². The lowest BCUT2D eigenvalue weighted by atomic mass is 10.1. The molecular formula is C22H17ClN4O5S2. The van der Waals surface area contributed by atoms with Crippen LogP contribution in [0.15, 0.2) is 70.5 Å². The van der Waals surface area contributed by atoms with Gasteiger partial charge >= 0.3 is 5.97 Å². The molecule has 0 saturated carbocycles. The van der Waals surface area contributed by atoms with Crippen molar-refractivity contribution in [3.8, 4) is 0 Å². The number of hydrogen-bond donors (Lipinski definition) is 3. The highest BCUT2D eigenvalue weighted by molar-refractivity contribution is 7.93. The van der Waals surface area contributed by atoms with E-state index in [1.807, 2.05) is 0 Å². The standard InChI is InChI=1S/C22H17ClN4O5S2/c23-14-4-5-15(21(28)26-18(22(29)30)10-13-6-9-33-12-13)17(11-14)27-34(31,32)19-3-1-2-16-20(19)25-8-7-24-16/h1-9,11-12,18,27H,10H2,(H,26,28)(H,29,30)/t18-/m0/s1. The van der Waals surface area contributed by atoms with Gasteiger partial charge in [-0.25, -0.2) is 13.2 Å². The molecule has 0 radical (unpaired) electrons. The van der Waals surface area contributed by atoms with Gasteiger partial charge in [0, 0.05) is 23.8 Å². The van der Waals surface area contributed by atoms with E-state index in [2.05, 4.69) is 20.0 Å². The van der Waals surface area contributed by atoms with Gasteiger partial charge in [-0.05, 0) is 52.7 Å². The highest BCUT2D eigenvalue weighted by atomic mass is 35.5. The van der Waals surface area contributed by atoms with E-state index in [1.165, 1.54) is 54.1 Å². The summed E-state index contributed by atoms with van der Waals surface area (Å²) in [5.74, 6) is -1.99. The van der Waals surface area contributed by atoms with Crippen LogP contribution in [0.3, 0.4) is 0 Å². The number of para-hydroxylation sites is 1. The average Bonchev–Trinajstić information content (AvgIpc) is 3.31. The Bertz CT molecular complexity index is 1470. The van der Waals surface area contributed by atoms with Gasteiger partial charge in [-0.2, -0.15) is 11.3 Å². The van der Waals surface area contributed by atoms with Crippen molar-refractivity contribution in [2.45, 2.75) is 17.4 Å². The van der Waals surface area contributed by atoms with E-state index in [0.29, 0.717) is 5.52 Å². The van der Waals surface area contributed by atoms with Crippen LogP contribution in [0.25, 0.3) is 11.0 Å². The number of fused-ring (bicyclic) bond motifs is 1. The number of rotatable bonds is 8. The van der Waals surface area contributed by atoms with Crippen molar-refractivity contribution in [3.63, 3.8) is 0 Å². The first-order chi connectivity index (χ1) is 16.2. The van der Waals surface area contributed by atoms with Crippen LogP contribution in [0.2, 0.25) is 5.02 Å². The molecule has 2 aromatic heterocycles. The molecule has 0 saturated heterocycles. The average molecular weight is 517 g/mol. The lowest BCUT2D eigenvalue weighted by molar-refractivity contribution is -0.139. The third-order valence-corrected chi connectivity index (χ3v) is 7.21. The fourth-order valence-electron chi connectivity index (χ4n) is 3.26. The van der Waals surface area contributed by atoms with E-state index in [1.54, 1.807) is 22.9 Å². The SMILES string of the molecule is O=C(N[C@@H](Cc1ccsc1)C(=O)O)c1ccc(Cl)cc1NS(=O)(=O)c1cccc2nccnc12. The summed E-state index contributed by atoms with van der Waals surface area (Å²) in [6.07, 6.45) is 2.90. The third-order valence-electron chi connectivity index (χ3n) is 4.85. The molecule has 1 atom stereocenters. The molecule has 9 nitrogen and oxygen atoms in total. The summed E-state index contributed by atoms with van der Waals surface area (Å²) in [7, 11) is -4.20. The number of nitrogens with one attached hydrogen (secondary N) is 2. The fraction of sp³-hybridized carbons (Fsp3) is 0.0909. The first-order valence-corrected chi connectivity index (χ1v) is 12.6. The molecule has 4 rings (SSSR count). The topological polar surface area (TPSA) is 138 Å². The molecule has 34 heavy (non-hydrogen) atoms. The highest BCUT2D eigenvalue weighted by Gasteiger charge is 2.25. The molecule has 3 N–H and O–H groups in total. The second-order valence-corrected chi connectivity index (χ2v) is 10.0. The molecule has 0 aliphatic heterocycles. The van der Waals surface area contributed by atoms with Crippen LogP contribution in [-0.2, 0) is 21.2 Å². The molecule has 2 aromatic carbocycles. The summed E-state index contributed by atoms with van der Waals surface area (Å²) >= 11 is 7.47. The quantitative estimate of drug-likeness (QED) is 0.325. The normalized spacial score (nSPS) is 12.3. The van der Waals surface area contributed by atoms with E-state index in [9.17, 15) is 23.1 Å². The Morgan fingerprint density at radius 3 is 2.65 bits per heavy atom. The van der Waals surface area contributed by atoms with Gasteiger partial charge in [-0.15, -0.1) is 0 Å². The molecule has 0 bridgehead atoms. The van der Waals surface area contributed by atoms with Crippen LogP contribution in [0.5, 0.6) is 0 Å². The van der Waals surface area contributed by atoms with E-state index in [4.69, 9.17) is 11.6 Å². The maximum atomic E-state index is 13.2. The zero-order chi connectivity index (χ0) is 24.3. The molecule has 0 aliphatic rings. The molecule has 0 spiro atoms. The van der Waals surface area contributed by atoms with Gasteiger partial charge in [0.1, 0.15) is 16.5 Å². The number of carboxylic acids is 1. The van der Waals surface area contributed by atoms with Gasteiger partial charge in [0.2, 0.25) is 0 Å². The Kier molecular flexibility index (Phi) is 6.77. The summed E-state index contributed by atoms with van der Waals surface area (Å²) in [6.45, 7) is 0. The number of nitrogens with zero attached hydrogens (tertiary/aromatic N) is 2. The number of benzene rings is 2. The predicted octanol–water partition coefficient (Wildman–Crippen LogP) is 3.57. The van der Waals surface area contributed by atoms with E-state index < -0.39 is 27.9 Å². The minimum absolute atomic E-state index is 0.0773. The van der Waals surface area contributed by atoms with Gasteiger partial charge in [-0.1, -0.05) is 17.7 Å². The molecule has 174 valence electrons. The molecule has 1 amide bonds. The Balaban J connectivity index is 1.65. The fourth-order valence-corrected chi connectivity index (χ4v) is 5.35. The molecule has 0 fully saturated rings. The third kappa shape index (κ3) is 5.16. The number of carboxylic acid groups (broad SMARTS) is 1. The van der Waals surface area contributed by atoms with Crippen molar-refractivity contribution >= 4 is 61.6 Å². The lowest BCUT2D eigenvalue weighted by Gasteiger charge is -2.17. The number of carbonyl (C=O) groups is 2. The Labute approximate surface area is 203 Å². The van der Waals surface area contributed by atoms with Gasteiger partial charge in [0.15, 0.2) is 0 Å². The van der Waals surface area contributed by atoms with Gasteiger partial charge in [-0.3, -0.25) is 19.5 Å². The Morgan fingerprint density at radius 1 is 1.12 bits per heavy atom. The van der Waals surface area contributed by atoms with Crippen molar-refractivity contribution in [2.75, 3.05) is 4.72 Å². The van der Waals surface area contributed by atoms with Crippen molar-refractivity contribution in [3.05, 3.63) is 81.8 Å². The van der Waals surface area contributed by atoms with Crippen LogP contribution in [-0.4, -0.2) is 41.4 Å². The van der Waals surface area contributed by atoms with Crippen LogP contribution < -0.4 is 10.0 Å². The Hall–Kier alpha value is -3.54. The van der Waals surface area contributed by atoms with E-state index in [-0.39, 0.29) is 33.1 Å². The zero-order valence-electron chi connectivity index (χ0n) is 17.3. The number of thiophene rings is 1. The second kappa shape index (κ2) is 9.75. The van der Waals surface area contributed by atoms with Crippen molar-refractivity contribution in [1.29, 1.82) is 0 Å². The lowest BCUT2D eigenvalue weighted by Crippen LogP contribution is -2.42. The largest absolute Gasteiger partial charge is 0.480 e. The smallest absolute Gasteiger partial charge is 0.326 e. The number of carbonyl (C=O) groups excluding carboxylic acids is 1. The molecule has 0 aliphatic carbocycles. The highest BCUT2D eigenvalue weighted by Crippen LogP contribution is 2.27. The van der Waals surface area contributed by atoms with Crippen LogP contribution in [0, 0.1) is 0 Å². The number of amides is 1. The number of sulfonamides is 1. The number of hydrogen-bond acceptors (Lipinski definition) is 7. The first-order valence-electron chi connectivity index (χ1n) is 9.81. The van der Waals surface area contributed by atoms with Gasteiger partial charge in [0.05, 0.1) is 16.8 Å². The maximum absolute atomic E-state index is 13.2. The Morgan fingerprint density at radius 2 is 1.91 bits per heavy atom.